The van der Waals surface area contributed by atoms with E-state index in [1.165, 1.54) is 0 Å². The molecule has 0 saturated heterocycles. The van der Waals surface area contributed by atoms with Crippen LogP contribution in [0.3, 0.4) is 0 Å². The quantitative estimate of drug-likeness (QED) is 0.754. The summed E-state index contributed by atoms with van der Waals surface area (Å²) in [7, 11) is 3.45. The Morgan fingerprint density at radius 3 is 2.73 bits per heavy atom. The van der Waals surface area contributed by atoms with E-state index in [2.05, 4.69) is 34.8 Å². The number of carbonyl (C=O) groups excluding carboxylic acids is 2. The van der Waals surface area contributed by atoms with E-state index in [4.69, 9.17) is 0 Å². The summed E-state index contributed by atoms with van der Waals surface area (Å²) in [5.41, 5.74) is 5.98. The number of anilines is 1. The van der Waals surface area contributed by atoms with Gasteiger partial charge in [-0.1, -0.05) is 32.4 Å². The van der Waals surface area contributed by atoms with E-state index in [-0.39, 0.29) is 23.8 Å². The Balaban J connectivity index is 1.97. The first-order valence-corrected chi connectivity index (χ1v) is 9.05. The van der Waals surface area contributed by atoms with Crippen molar-refractivity contribution in [2.45, 2.75) is 39.2 Å². The van der Waals surface area contributed by atoms with E-state index in [0.29, 0.717) is 16.8 Å². The van der Waals surface area contributed by atoms with Crippen molar-refractivity contribution in [3.05, 3.63) is 40.6 Å². The molecular weight excluding hydrogens is 330 g/mol. The Labute approximate surface area is 153 Å². The molecule has 2 N–H and O–H groups in total. The molecule has 0 fully saturated rings. The molecule has 2 unspecified atom stereocenters. The van der Waals surface area contributed by atoms with Crippen LogP contribution >= 0.6 is 0 Å². The highest BCUT2D eigenvalue weighted by atomic mass is 16.2. The average molecular weight is 355 g/mol. The van der Waals surface area contributed by atoms with Crippen LogP contribution in [0.25, 0.3) is 0 Å². The molecule has 0 bridgehead atoms. The number of rotatable bonds is 6. The van der Waals surface area contributed by atoms with Crippen molar-refractivity contribution < 1.29 is 9.59 Å². The van der Waals surface area contributed by atoms with Crippen LogP contribution < -0.4 is 10.7 Å². The highest BCUT2D eigenvalue weighted by molar-refractivity contribution is 6.19. The van der Waals surface area contributed by atoms with Gasteiger partial charge in [0.15, 0.2) is 5.78 Å². The van der Waals surface area contributed by atoms with E-state index in [9.17, 15) is 9.59 Å². The largest absolute Gasteiger partial charge is 0.333 e. The van der Waals surface area contributed by atoms with Gasteiger partial charge in [0.1, 0.15) is 6.04 Å². The van der Waals surface area contributed by atoms with Gasteiger partial charge in [0, 0.05) is 20.0 Å². The molecule has 7 heteroatoms. The van der Waals surface area contributed by atoms with E-state index in [1.54, 1.807) is 25.2 Å². The lowest BCUT2D eigenvalue weighted by molar-refractivity contribution is 0.103. The second-order valence-corrected chi connectivity index (χ2v) is 6.87. The summed E-state index contributed by atoms with van der Waals surface area (Å²) in [4.78, 5) is 25.2. The predicted molar refractivity (Wildman–Crippen MR) is 99.9 cm³/mol. The van der Waals surface area contributed by atoms with Gasteiger partial charge in [-0.25, -0.2) is 9.80 Å². The lowest BCUT2D eigenvalue weighted by Gasteiger charge is -2.15. The molecule has 1 aromatic carbocycles. The first kappa shape index (κ1) is 18.3. The molecule has 1 aliphatic carbocycles. The van der Waals surface area contributed by atoms with Crippen LogP contribution in [0.4, 0.5) is 10.5 Å². The van der Waals surface area contributed by atoms with Crippen LogP contribution in [-0.4, -0.2) is 30.9 Å². The fraction of sp³-hybridized carbons (Fsp3) is 0.474. The molecule has 1 aliphatic heterocycles. The Bertz CT molecular complexity index is 797. The summed E-state index contributed by atoms with van der Waals surface area (Å²) in [5, 5.41) is 13.1. The molecular formula is C19H25N5O2. The maximum atomic E-state index is 13.2. The number of hydrazine groups is 1. The molecule has 2 atom stereocenters. The van der Waals surface area contributed by atoms with Gasteiger partial charge >= 0.3 is 6.03 Å². The van der Waals surface area contributed by atoms with Gasteiger partial charge in [-0.2, -0.15) is 10.2 Å². The molecule has 0 aromatic heterocycles. The summed E-state index contributed by atoms with van der Waals surface area (Å²) in [5.74, 6) is 0.177. The topological polar surface area (TPSA) is 86.2 Å². The van der Waals surface area contributed by atoms with Gasteiger partial charge in [-0.15, -0.1) is 0 Å². The first-order valence-electron chi connectivity index (χ1n) is 9.05. The fourth-order valence-electron chi connectivity index (χ4n) is 3.66. The standard InChI is InChI=1S/C19H25N5O2/c1-5-8-11(6-2)16-15-17(22-21-16)12-9-7-10-13(14(12)18(15)25)20-19(26)23-24(3)4/h7,9-11,17H,5-6,8H2,1-4H3,(H2,20,23,26). The molecule has 0 spiro atoms. The SMILES string of the molecule is CCCC(CC)C1=C2C(=O)c3c(NC(=O)NN(C)C)cccc3C2N=N1. The van der Waals surface area contributed by atoms with Crippen molar-refractivity contribution in [2.24, 2.45) is 16.1 Å². The number of azo groups is 1. The second kappa shape index (κ2) is 7.37. The molecule has 1 aromatic rings. The molecule has 7 nitrogen and oxygen atoms in total. The molecule has 1 heterocycles. The predicted octanol–water partition coefficient (Wildman–Crippen LogP) is 4.07. The summed E-state index contributed by atoms with van der Waals surface area (Å²) < 4.78 is 0. The third-order valence-corrected chi connectivity index (χ3v) is 4.78. The zero-order valence-electron chi connectivity index (χ0n) is 15.7. The molecule has 0 radical (unpaired) electrons. The zero-order chi connectivity index (χ0) is 18.8. The van der Waals surface area contributed by atoms with Gasteiger partial charge in [0.25, 0.3) is 0 Å². The maximum absolute atomic E-state index is 13.2. The number of fused-ring (bicyclic) bond motifs is 3. The minimum absolute atomic E-state index is 0.0692. The van der Waals surface area contributed by atoms with E-state index in [0.717, 1.165) is 30.5 Å². The molecule has 138 valence electrons. The lowest BCUT2D eigenvalue weighted by Crippen LogP contribution is -2.39. The van der Waals surface area contributed by atoms with Crippen molar-refractivity contribution in [3.8, 4) is 0 Å². The maximum Gasteiger partial charge on any atom is 0.333 e. The summed E-state index contributed by atoms with van der Waals surface area (Å²) in [6, 6.07) is 4.74. The Hall–Kier alpha value is -2.54. The monoisotopic (exact) mass is 355 g/mol. The number of nitrogens with one attached hydrogen (secondary N) is 2. The first-order chi connectivity index (χ1) is 12.5. The summed E-state index contributed by atoms with van der Waals surface area (Å²) in [6.07, 6.45) is 2.95. The summed E-state index contributed by atoms with van der Waals surface area (Å²) >= 11 is 0. The highest BCUT2D eigenvalue weighted by Gasteiger charge is 2.43. The number of nitrogens with zero attached hydrogens (tertiary/aromatic N) is 3. The van der Waals surface area contributed by atoms with Gasteiger partial charge in [0.05, 0.1) is 22.5 Å². The lowest BCUT2D eigenvalue weighted by atomic mass is 9.92. The van der Waals surface area contributed by atoms with Crippen LogP contribution in [0.2, 0.25) is 0 Å². The number of benzene rings is 1. The Morgan fingerprint density at radius 2 is 2.08 bits per heavy atom. The minimum atomic E-state index is -0.387. The Morgan fingerprint density at radius 1 is 1.31 bits per heavy atom. The number of ketones is 1. The van der Waals surface area contributed by atoms with Crippen molar-refractivity contribution >= 4 is 17.5 Å². The van der Waals surface area contributed by atoms with Crippen LogP contribution in [-0.2, 0) is 0 Å². The van der Waals surface area contributed by atoms with Crippen molar-refractivity contribution in [3.63, 3.8) is 0 Å². The number of carbonyl (C=O) groups is 2. The van der Waals surface area contributed by atoms with E-state index >= 15 is 0 Å². The Kier molecular flexibility index (Phi) is 5.18. The number of amides is 2. The number of allylic oxidation sites excluding steroid dienone is 1. The van der Waals surface area contributed by atoms with Crippen LogP contribution in [0.15, 0.2) is 39.7 Å². The molecule has 3 rings (SSSR count). The third kappa shape index (κ3) is 3.14. The van der Waals surface area contributed by atoms with Gasteiger partial charge in [-0.3, -0.25) is 10.2 Å². The summed E-state index contributed by atoms with van der Waals surface area (Å²) in [6.45, 7) is 4.25. The zero-order valence-corrected chi connectivity index (χ0v) is 15.7. The molecule has 2 aliphatic rings. The average Bonchev–Trinajstić information content (AvgIpc) is 3.13. The smallest absolute Gasteiger partial charge is 0.306 e. The van der Waals surface area contributed by atoms with Crippen LogP contribution in [0.5, 0.6) is 0 Å². The number of Topliss-reactive ketones (excluding diaryl/α,β-unsaturated/α-hetero) is 1. The van der Waals surface area contributed by atoms with E-state index < -0.39 is 0 Å². The third-order valence-electron chi connectivity index (χ3n) is 4.78. The van der Waals surface area contributed by atoms with Gasteiger partial charge < -0.3 is 5.32 Å². The van der Waals surface area contributed by atoms with Crippen LogP contribution in [0, 0.1) is 5.92 Å². The fourth-order valence-corrected chi connectivity index (χ4v) is 3.66. The number of hydrogen-bond donors (Lipinski definition) is 2. The van der Waals surface area contributed by atoms with Gasteiger partial charge in [0.2, 0.25) is 0 Å². The van der Waals surface area contributed by atoms with Crippen molar-refractivity contribution in [2.75, 3.05) is 19.4 Å². The minimum Gasteiger partial charge on any atom is -0.306 e. The van der Waals surface area contributed by atoms with Crippen molar-refractivity contribution in [1.82, 2.24) is 10.4 Å². The molecule has 26 heavy (non-hydrogen) atoms. The number of hydrogen-bond acceptors (Lipinski definition) is 5. The van der Waals surface area contributed by atoms with E-state index in [1.807, 2.05) is 12.1 Å². The van der Waals surface area contributed by atoms with Crippen LogP contribution in [0.1, 0.15) is 55.1 Å². The molecule has 0 saturated carbocycles. The molecule has 2 amide bonds. The highest BCUT2D eigenvalue weighted by Crippen LogP contribution is 2.48. The second-order valence-electron chi connectivity index (χ2n) is 6.87. The van der Waals surface area contributed by atoms with Gasteiger partial charge in [-0.05, 0) is 24.5 Å². The van der Waals surface area contributed by atoms with Crippen molar-refractivity contribution in [1.29, 1.82) is 0 Å². The normalized spacial score (nSPS) is 19.0. The number of urea groups is 1.